The van der Waals surface area contributed by atoms with Crippen LogP contribution in [0.4, 0.5) is 8.78 Å². The van der Waals surface area contributed by atoms with Gasteiger partial charge in [-0.15, -0.1) is 0 Å². The van der Waals surface area contributed by atoms with E-state index in [2.05, 4.69) is 9.97 Å². The maximum absolute atomic E-state index is 14.6. The van der Waals surface area contributed by atoms with Crippen LogP contribution in [0.5, 0.6) is 0 Å². The number of benzene rings is 2. The highest BCUT2D eigenvalue weighted by atomic mass is 31.2. The zero-order valence-electron chi connectivity index (χ0n) is 15.7. The lowest BCUT2D eigenvalue weighted by molar-refractivity contribution is 0.371. The summed E-state index contributed by atoms with van der Waals surface area (Å²) in [5.74, 6) is -0.865. The van der Waals surface area contributed by atoms with Crippen molar-refractivity contribution >= 4 is 29.5 Å². The molecule has 0 aliphatic carbocycles. The minimum Gasteiger partial charge on any atom is -0.333 e. The van der Waals surface area contributed by atoms with Gasteiger partial charge in [0.1, 0.15) is 23.0 Å². The molecule has 4 aromatic rings. The van der Waals surface area contributed by atoms with E-state index in [0.717, 1.165) is 11.6 Å². The van der Waals surface area contributed by atoms with E-state index >= 15 is 0 Å². The van der Waals surface area contributed by atoms with Gasteiger partial charge in [0.05, 0.1) is 28.3 Å². The molecule has 0 fully saturated rings. The first-order valence-electron chi connectivity index (χ1n) is 8.87. The first kappa shape index (κ1) is 19.6. The van der Waals surface area contributed by atoms with Crippen molar-refractivity contribution in [2.45, 2.75) is 26.6 Å². The predicted molar refractivity (Wildman–Crippen MR) is 106 cm³/mol. The van der Waals surface area contributed by atoms with E-state index in [9.17, 15) is 13.3 Å². The highest BCUT2D eigenvalue weighted by Gasteiger charge is 2.20. The van der Waals surface area contributed by atoms with Gasteiger partial charge < -0.3 is 14.4 Å². The molecular weight excluding hydrogens is 399 g/mol. The summed E-state index contributed by atoms with van der Waals surface area (Å²) < 4.78 is 41.5. The van der Waals surface area contributed by atoms with Crippen LogP contribution in [0.15, 0.2) is 36.4 Å². The summed E-state index contributed by atoms with van der Waals surface area (Å²) in [6.07, 6.45) is -0.342. The molecule has 2 N–H and O–H groups in total. The minimum absolute atomic E-state index is 0.244. The van der Waals surface area contributed by atoms with Crippen molar-refractivity contribution in [3.05, 3.63) is 70.7 Å². The third-order valence-electron chi connectivity index (χ3n) is 4.75. The third-order valence-corrected chi connectivity index (χ3v) is 5.53. The van der Waals surface area contributed by atoms with Crippen LogP contribution in [0.1, 0.15) is 22.6 Å². The molecule has 29 heavy (non-hydrogen) atoms. The Kier molecular flexibility index (Phi) is 4.73. The molecule has 2 heterocycles. The molecule has 4 rings (SSSR count). The molecule has 2 aromatic heterocycles. The second kappa shape index (κ2) is 6.99. The Morgan fingerprint density at radius 3 is 2.34 bits per heavy atom. The average molecular weight is 417 g/mol. The molecule has 0 aliphatic rings. The van der Waals surface area contributed by atoms with Crippen molar-refractivity contribution in [3.8, 4) is 0 Å². The summed E-state index contributed by atoms with van der Waals surface area (Å²) in [6, 6.07) is 8.87. The fraction of sp³-hybridized carbons (Fsp3) is 0.200. The van der Waals surface area contributed by atoms with Gasteiger partial charge in [-0.25, -0.2) is 18.7 Å². The van der Waals surface area contributed by atoms with Gasteiger partial charge in [-0.05, 0) is 31.0 Å². The summed E-state index contributed by atoms with van der Waals surface area (Å²) in [5.41, 5.74) is 3.40. The Hall–Kier alpha value is -2.67. The van der Waals surface area contributed by atoms with Crippen LogP contribution in [0.2, 0.25) is 0 Å². The number of fused-ring (bicyclic) bond motifs is 3. The van der Waals surface area contributed by atoms with E-state index in [0.29, 0.717) is 40.2 Å². The Labute approximate surface area is 165 Å². The van der Waals surface area contributed by atoms with E-state index in [1.807, 2.05) is 0 Å². The zero-order valence-corrected chi connectivity index (χ0v) is 16.6. The van der Waals surface area contributed by atoms with Crippen LogP contribution in [0.25, 0.3) is 21.9 Å². The maximum atomic E-state index is 14.6. The number of halogens is 2. The van der Waals surface area contributed by atoms with Gasteiger partial charge >= 0.3 is 7.60 Å². The van der Waals surface area contributed by atoms with E-state index in [4.69, 9.17) is 9.79 Å². The number of hydrogen-bond donors (Lipinski definition) is 2. The third kappa shape index (κ3) is 3.79. The quantitative estimate of drug-likeness (QED) is 0.486. The fourth-order valence-corrected chi connectivity index (χ4v) is 4.35. The largest absolute Gasteiger partial charge is 0.333 e. The lowest BCUT2D eigenvalue weighted by Crippen LogP contribution is -2.03. The maximum Gasteiger partial charge on any atom is 0.329 e. The van der Waals surface area contributed by atoms with Crippen molar-refractivity contribution in [1.82, 2.24) is 14.5 Å². The Morgan fingerprint density at radius 2 is 1.69 bits per heavy atom. The van der Waals surface area contributed by atoms with Crippen LogP contribution < -0.4 is 0 Å². The molecule has 0 radical (unpaired) electrons. The molecule has 0 spiro atoms. The van der Waals surface area contributed by atoms with E-state index in [1.165, 1.54) is 6.07 Å². The van der Waals surface area contributed by atoms with Crippen molar-refractivity contribution in [2.75, 3.05) is 0 Å². The summed E-state index contributed by atoms with van der Waals surface area (Å²) in [7, 11) is -4.15. The van der Waals surface area contributed by atoms with Crippen LogP contribution >= 0.6 is 7.60 Å². The number of aryl methyl sites for hydroxylation is 2. The molecule has 6 nitrogen and oxygen atoms in total. The van der Waals surface area contributed by atoms with Crippen molar-refractivity contribution in [2.24, 2.45) is 0 Å². The molecule has 2 aromatic carbocycles. The predicted octanol–water partition coefficient (Wildman–Crippen LogP) is 4.21. The van der Waals surface area contributed by atoms with Gasteiger partial charge in [0.25, 0.3) is 0 Å². The Morgan fingerprint density at radius 1 is 1.03 bits per heavy atom. The summed E-state index contributed by atoms with van der Waals surface area (Å²) in [6.45, 7) is 3.81. The van der Waals surface area contributed by atoms with Crippen LogP contribution in [0.3, 0.4) is 0 Å². The Balaban J connectivity index is 1.87. The number of rotatable bonds is 4. The van der Waals surface area contributed by atoms with Crippen molar-refractivity contribution < 1.29 is 23.1 Å². The molecular formula is C20H18F2N3O3P. The van der Waals surface area contributed by atoms with Crippen LogP contribution in [-0.4, -0.2) is 24.3 Å². The molecule has 0 aliphatic heterocycles. The number of hydrogen-bond acceptors (Lipinski definition) is 3. The van der Waals surface area contributed by atoms with E-state index < -0.39 is 19.2 Å². The van der Waals surface area contributed by atoms with Gasteiger partial charge in [0.15, 0.2) is 0 Å². The van der Waals surface area contributed by atoms with Crippen molar-refractivity contribution in [1.29, 1.82) is 0 Å². The number of nitrogens with zero attached hydrogens (tertiary/aromatic N) is 3. The van der Waals surface area contributed by atoms with Gasteiger partial charge in [0.2, 0.25) is 0 Å². The van der Waals surface area contributed by atoms with Crippen LogP contribution in [-0.2, 0) is 17.3 Å². The molecule has 0 saturated heterocycles. The topological polar surface area (TPSA) is 88.2 Å². The van der Waals surface area contributed by atoms with Gasteiger partial charge in [-0.1, -0.05) is 24.3 Å². The lowest BCUT2D eigenvalue weighted by atomic mass is 10.1. The van der Waals surface area contributed by atoms with Gasteiger partial charge in [-0.2, -0.15) is 0 Å². The molecule has 0 unspecified atom stereocenters. The average Bonchev–Trinajstić information content (AvgIpc) is 2.89. The smallest absolute Gasteiger partial charge is 0.329 e. The Bertz CT molecular complexity index is 1300. The summed E-state index contributed by atoms with van der Waals surface area (Å²) in [5, 5.41) is 0.244. The monoisotopic (exact) mass is 417 g/mol. The van der Waals surface area contributed by atoms with Crippen molar-refractivity contribution in [3.63, 3.8) is 0 Å². The van der Waals surface area contributed by atoms with Gasteiger partial charge in [-0.3, -0.25) is 4.57 Å². The highest BCUT2D eigenvalue weighted by Crippen LogP contribution is 2.39. The second-order valence-electron chi connectivity index (χ2n) is 7.06. The van der Waals surface area contributed by atoms with Crippen LogP contribution in [0, 0.1) is 25.5 Å². The van der Waals surface area contributed by atoms with E-state index in [-0.39, 0.29) is 11.5 Å². The van der Waals surface area contributed by atoms with Gasteiger partial charge in [0, 0.05) is 12.6 Å². The summed E-state index contributed by atoms with van der Waals surface area (Å²) >= 11 is 0. The van der Waals surface area contributed by atoms with E-state index in [1.54, 1.807) is 42.7 Å². The summed E-state index contributed by atoms with van der Waals surface area (Å²) in [4.78, 5) is 27.0. The number of aromatic nitrogens is 3. The second-order valence-corrected chi connectivity index (χ2v) is 8.71. The molecule has 150 valence electrons. The zero-order chi connectivity index (χ0) is 20.9. The highest BCUT2D eigenvalue weighted by molar-refractivity contribution is 7.50. The molecule has 9 heteroatoms. The molecule has 0 amide bonds. The standard InChI is InChI=1S/C20H18F2N3O3P/c1-11-20-19(24-12(2)23-11)18-16(22)7-15(21)8-17(18)25(20)9-13-3-5-14(6-4-13)10-29(26,27)28/h3-8H,9-10H2,1-2H3,(H2,26,27,28). The first-order valence-corrected chi connectivity index (χ1v) is 10.7. The molecule has 0 saturated carbocycles. The first-order chi connectivity index (χ1) is 13.6. The molecule has 0 bridgehead atoms. The SMILES string of the molecule is Cc1nc(C)c2c(n1)c1c(F)cc(F)cc1n2Cc1ccc(CP(=O)(O)O)cc1. The minimum atomic E-state index is -4.15. The lowest BCUT2D eigenvalue weighted by Gasteiger charge is -2.10. The molecule has 0 atom stereocenters. The fourth-order valence-electron chi connectivity index (χ4n) is 3.67. The normalized spacial score (nSPS) is 12.2.